The Morgan fingerprint density at radius 1 is 1.31 bits per heavy atom. The Balaban J connectivity index is 2.14. The molecular weight excluding hydrogens is 448 g/mol. The molecule has 0 aromatic rings. The predicted octanol–water partition coefficient (Wildman–Crippen LogP) is 2.93. The van der Waals surface area contributed by atoms with Gasteiger partial charge in [0, 0.05) is 13.1 Å². The SMILES string of the molecule is C=CCN(CCCC)C(=O)C1N([C@@H](CO)CC(C)C)C(=O)[C@@H]2[C@H](C(=O)OCC)[C@]3(CC)CCC12O3. The summed E-state index contributed by atoms with van der Waals surface area (Å²) < 4.78 is 12.2. The zero-order chi connectivity index (χ0) is 26.0. The molecule has 0 saturated carbocycles. The van der Waals surface area contributed by atoms with Gasteiger partial charge < -0.3 is 24.4 Å². The van der Waals surface area contributed by atoms with Crippen LogP contribution in [-0.2, 0) is 23.9 Å². The van der Waals surface area contributed by atoms with Crippen LogP contribution in [0.1, 0.15) is 73.1 Å². The third-order valence-corrected chi connectivity index (χ3v) is 8.18. The maximum atomic E-state index is 14.2. The molecule has 2 unspecified atom stereocenters. The number of unbranched alkanes of at least 4 members (excludes halogenated alkanes) is 1. The summed E-state index contributed by atoms with van der Waals surface area (Å²) >= 11 is 0. The fraction of sp³-hybridized carbons (Fsp3) is 0.815. The summed E-state index contributed by atoms with van der Waals surface area (Å²) in [5.74, 6) is -2.23. The van der Waals surface area contributed by atoms with Crippen molar-refractivity contribution in [2.24, 2.45) is 17.8 Å². The van der Waals surface area contributed by atoms with Gasteiger partial charge in [-0.3, -0.25) is 14.4 Å². The number of ether oxygens (including phenoxy) is 2. The van der Waals surface area contributed by atoms with E-state index in [0.29, 0.717) is 38.8 Å². The topological polar surface area (TPSA) is 96.4 Å². The Hall–Kier alpha value is -1.93. The zero-order valence-electron chi connectivity index (χ0n) is 22.1. The van der Waals surface area contributed by atoms with Crippen molar-refractivity contribution < 1.29 is 29.0 Å². The first-order valence-corrected chi connectivity index (χ1v) is 13.4. The van der Waals surface area contributed by atoms with Gasteiger partial charge in [-0.25, -0.2) is 0 Å². The maximum Gasteiger partial charge on any atom is 0.312 e. The second-order valence-corrected chi connectivity index (χ2v) is 10.7. The summed E-state index contributed by atoms with van der Waals surface area (Å²) in [6.07, 6.45) is 5.68. The van der Waals surface area contributed by atoms with Crippen LogP contribution in [0, 0.1) is 17.8 Å². The van der Waals surface area contributed by atoms with Gasteiger partial charge in [0.25, 0.3) is 0 Å². The molecule has 3 heterocycles. The highest BCUT2D eigenvalue weighted by Crippen LogP contribution is 2.65. The van der Waals surface area contributed by atoms with Gasteiger partial charge in [-0.1, -0.05) is 40.2 Å². The minimum absolute atomic E-state index is 0.187. The number of aliphatic hydroxyl groups excluding tert-OH is 1. The Bertz CT molecular complexity index is 815. The van der Waals surface area contributed by atoms with Gasteiger partial charge in [0.1, 0.15) is 17.6 Å². The van der Waals surface area contributed by atoms with E-state index in [1.165, 1.54) is 0 Å². The minimum atomic E-state index is -1.10. The summed E-state index contributed by atoms with van der Waals surface area (Å²) in [5.41, 5.74) is -1.91. The molecule has 8 heteroatoms. The largest absolute Gasteiger partial charge is 0.466 e. The van der Waals surface area contributed by atoms with Crippen LogP contribution in [0.4, 0.5) is 0 Å². The molecule has 8 nitrogen and oxygen atoms in total. The van der Waals surface area contributed by atoms with Gasteiger partial charge in [0.15, 0.2) is 0 Å². The zero-order valence-corrected chi connectivity index (χ0v) is 22.1. The van der Waals surface area contributed by atoms with E-state index in [1.54, 1.807) is 22.8 Å². The number of likely N-dealkylation sites (tertiary alicyclic amines) is 1. The van der Waals surface area contributed by atoms with E-state index in [-0.39, 0.29) is 30.9 Å². The predicted molar refractivity (Wildman–Crippen MR) is 132 cm³/mol. The summed E-state index contributed by atoms with van der Waals surface area (Å²) in [7, 11) is 0. The maximum absolute atomic E-state index is 14.2. The highest BCUT2D eigenvalue weighted by atomic mass is 16.6. The number of fused-ring (bicyclic) bond motifs is 1. The van der Waals surface area contributed by atoms with E-state index in [4.69, 9.17) is 9.47 Å². The number of hydrogen-bond acceptors (Lipinski definition) is 6. The van der Waals surface area contributed by atoms with Crippen LogP contribution in [0.3, 0.4) is 0 Å². The van der Waals surface area contributed by atoms with Crippen molar-refractivity contribution in [1.29, 1.82) is 0 Å². The number of rotatable bonds is 13. The molecule has 6 atom stereocenters. The molecule has 3 fully saturated rings. The second-order valence-electron chi connectivity index (χ2n) is 10.7. The third kappa shape index (κ3) is 4.52. The van der Waals surface area contributed by atoms with Crippen LogP contribution in [0.2, 0.25) is 0 Å². The van der Waals surface area contributed by atoms with Gasteiger partial charge in [0.05, 0.1) is 30.8 Å². The Morgan fingerprint density at radius 3 is 2.57 bits per heavy atom. The summed E-state index contributed by atoms with van der Waals surface area (Å²) in [4.78, 5) is 45.0. The quantitative estimate of drug-likeness (QED) is 0.314. The lowest BCUT2D eigenvalue weighted by Crippen LogP contribution is -2.59. The number of amides is 2. The monoisotopic (exact) mass is 492 g/mol. The van der Waals surface area contributed by atoms with Crippen molar-refractivity contribution in [2.75, 3.05) is 26.3 Å². The molecule has 0 aromatic heterocycles. The lowest BCUT2D eigenvalue weighted by Gasteiger charge is -2.40. The Kier molecular flexibility index (Phi) is 8.69. The molecule has 1 N–H and O–H groups in total. The minimum Gasteiger partial charge on any atom is -0.466 e. The molecule has 0 aromatic carbocycles. The number of carbonyl (C=O) groups is 3. The first-order chi connectivity index (χ1) is 16.7. The highest BCUT2D eigenvalue weighted by Gasteiger charge is 2.79. The van der Waals surface area contributed by atoms with E-state index < -0.39 is 41.1 Å². The fourth-order valence-corrected chi connectivity index (χ4v) is 6.71. The molecule has 1 spiro atoms. The smallest absolute Gasteiger partial charge is 0.312 e. The van der Waals surface area contributed by atoms with Gasteiger partial charge in [-0.05, 0) is 44.9 Å². The first kappa shape index (κ1) is 27.7. The van der Waals surface area contributed by atoms with E-state index in [9.17, 15) is 19.5 Å². The Labute approximate surface area is 210 Å². The van der Waals surface area contributed by atoms with Gasteiger partial charge in [0.2, 0.25) is 11.8 Å². The van der Waals surface area contributed by atoms with Crippen LogP contribution in [0.25, 0.3) is 0 Å². The van der Waals surface area contributed by atoms with Crippen LogP contribution < -0.4 is 0 Å². The van der Waals surface area contributed by atoms with Crippen molar-refractivity contribution in [3.05, 3.63) is 12.7 Å². The highest BCUT2D eigenvalue weighted by molar-refractivity contribution is 5.98. The van der Waals surface area contributed by atoms with Crippen LogP contribution in [0.15, 0.2) is 12.7 Å². The molecule has 0 aliphatic carbocycles. The van der Waals surface area contributed by atoms with Crippen molar-refractivity contribution in [1.82, 2.24) is 9.80 Å². The average Bonchev–Trinajstić information content (AvgIpc) is 3.43. The van der Waals surface area contributed by atoms with Crippen molar-refractivity contribution >= 4 is 17.8 Å². The lowest BCUT2D eigenvalue weighted by atomic mass is 9.65. The number of aliphatic hydroxyl groups is 1. The van der Waals surface area contributed by atoms with Crippen molar-refractivity contribution in [3.8, 4) is 0 Å². The number of carbonyl (C=O) groups excluding carboxylic acids is 3. The van der Waals surface area contributed by atoms with Crippen LogP contribution >= 0.6 is 0 Å². The molecule has 0 radical (unpaired) electrons. The standard InChI is InChI=1S/C27H44N2O6/c1-7-11-15-28(14-8-2)24(32)22-27-13-12-26(9-3,35-27)21(25(33)34-10-4)20(27)23(31)29(22)19(17-30)16-18(5)6/h8,18-22,30H,2,7,9-17H2,1,3-6H3/t19-,20+,21-,22?,26+,27?/m1/s1. The fourth-order valence-electron chi connectivity index (χ4n) is 6.71. The molecule has 3 rings (SSSR count). The number of esters is 1. The number of hydrogen-bond donors (Lipinski definition) is 1. The van der Waals surface area contributed by atoms with Crippen molar-refractivity contribution in [3.63, 3.8) is 0 Å². The molecule has 2 bridgehead atoms. The summed E-state index contributed by atoms with van der Waals surface area (Å²) in [6.45, 7) is 14.5. The number of nitrogens with zero attached hydrogens (tertiary/aromatic N) is 2. The van der Waals surface area contributed by atoms with E-state index in [1.807, 2.05) is 20.8 Å². The molecule has 35 heavy (non-hydrogen) atoms. The molecule has 198 valence electrons. The molecular formula is C27H44N2O6. The molecule has 3 aliphatic rings. The van der Waals surface area contributed by atoms with E-state index in [2.05, 4.69) is 13.5 Å². The van der Waals surface area contributed by atoms with Crippen LogP contribution in [-0.4, -0.2) is 82.3 Å². The van der Waals surface area contributed by atoms with Crippen molar-refractivity contribution in [2.45, 2.75) is 96.4 Å². The Morgan fingerprint density at radius 2 is 2.03 bits per heavy atom. The average molecular weight is 493 g/mol. The summed E-state index contributed by atoms with van der Waals surface area (Å²) in [5, 5.41) is 10.4. The van der Waals surface area contributed by atoms with Gasteiger partial charge >= 0.3 is 5.97 Å². The molecule has 3 aliphatic heterocycles. The second kappa shape index (κ2) is 11.0. The van der Waals surface area contributed by atoms with Gasteiger partial charge in [-0.15, -0.1) is 6.58 Å². The first-order valence-electron chi connectivity index (χ1n) is 13.4. The molecule has 2 amide bonds. The normalized spacial score (nSPS) is 32.1. The van der Waals surface area contributed by atoms with Crippen LogP contribution in [0.5, 0.6) is 0 Å². The van der Waals surface area contributed by atoms with E-state index in [0.717, 1.165) is 12.8 Å². The van der Waals surface area contributed by atoms with Gasteiger partial charge in [-0.2, -0.15) is 0 Å². The molecule has 3 saturated heterocycles. The van der Waals surface area contributed by atoms with E-state index >= 15 is 0 Å². The third-order valence-electron chi connectivity index (χ3n) is 8.18. The lowest BCUT2D eigenvalue weighted by molar-refractivity contribution is -0.163. The summed E-state index contributed by atoms with van der Waals surface area (Å²) in [6, 6.07) is -1.42.